The van der Waals surface area contributed by atoms with Gasteiger partial charge in [0.2, 0.25) is 5.95 Å². The number of halogens is 1. The number of aliphatic carboxylic acids is 1. The molecular weight excluding hydrogens is 504 g/mol. The first kappa shape index (κ1) is 26.9. The number of pyridine rings is 1. The van der Waals surface area contributed by atoms with Crippen molar-refractivity contribution in [2.45, 2.75) is 46.3 Å². The number of rotatable bonds is 7. The minimum absolute atomic E-state index is 0.0720. The molecule has 0 spiro atoms. The largest absolute Gasteiger partial charge is 0.496 e. The van der Waals surface area contributed by atoms with Gasteiger partial charge in [-0.15, -0.1) is 0 Å². The van der Waals surface area contributed by atoms with Crippen molar-refractivity contribution in [2.24, 2.45) is 0 Å². The van der Waals surface area contributed by atoms with E-state index in [0.29, 0.717) is 29.7 Å². The molecule has 0 unspecified atom stereocenters. The summed E-state index contributed by atoms with van der Waals surface area (Å²) in [4.78, 5) is 24.5. The molecule has 0 saturated carbocycles. The molecule has 0 aliphatic rings. The minimum atomic E-state index is -1.02. The highest BCUT2D eigenvalue weighted by atomic mass is 35.5. The van der Waals surface area contributed by atoms with E-state index in [2.05, 4.69) is 32.1 Å². The van der Waals surface area contributed by atoms with E-state index in [-0.39, 0.29) is 11.1 Å². The smallest absolute Gasteiger partial charge is 0.323 e. The van der Waals surface area contributed by atoms with Crippen molar-refractivity contribution < 1.29 is 14.6 Å². The molecule has 196 valence electrons. The lowest BCUT2D eigenvalue weighted by molar-refractivity contribution is -0.143. The van der Waals surface area contributed by atoms with Crippen LogP contribution in [0.4, 0.5) is 5.95 Å². The van der Waals surface area contributed by atoms with Crippen molar-refractivity contribution in [1.82, 2.24) is 24.8 Å². The number of hydrogen-bond acceptors (Lipinski definition) is 7. The van der Waals surface area contributed by atoms with Gasteiger partial charge >= 0.3 is 5.97 Å². The van der Waals surface area contributed by atoms with Gasteiger partial charge in [-0.2, -0.15) is 4.98 Å². The summed E-state index contributed by atoms with van der Waals surface area (Å²) in [5, 5.41) is 13.1. The highest BCUT2D eigenvalue weighted by Gasteiger charge is 2.25. The molecule has 4 N–H and O–H groups in total. The number of nitrogens with zero attached hydrogens (tertiary/aromatic N) is 4. The summed E-state index contributed by atoms with van der Waals surface area (Å²) in [6, 6.07) is 7.60. The van der Waals surface area contributed by atoms with Gasteiger partial charge in [0.15, 0.2) is 0 Å². The van der Waals surface area contributed by atoms with Crippen molar-refractivity contribution in [3.8, 4) is 17.6 Å². The highest BCUT2D eigenvalue weighted by molar-refractivity contribution is 6.34. The zero-order valence-electron chi connectivity index (χ0n) is 21.9. The SMILES string of the molecule is COc1c(C)cnc(Cn2cc(C#Cc3ccc(CNC(C)(C)C(=O)O)cc3)c3c(Cl)nc(N)nc32)c1C. The summed E-state index contributed by atoms with van der Waals surface area (Å²) < 4.78 is 7.46. The molecule has 10 heteroatoms. The van der Waals surface area contributed by atoms with E-state index in [9.17, 15) is 9.90 Å². The average molecular weight is 533 g/mol. The predicted octanol–water partition coefficient (Wildman–Crippen LogP) is 4.09. The summed E-state index contributed by atoms with van der Waals surface area (Å²) in [7, 11) is 1.64. The van der Waals surface area contributed by atoms with Crippen molar-refractivity contribution in [3.05, 3.63) is 75.3 Å². The standard InChI is InChI=1S/C28H29ClN6O3/c1-16-12-31-21(17(2)23(16)38-5)15-35-14-20(22-24(29)33-27(30)34-25(22)35)11-10-18-6-8-19(9-7-18)13-32-28(3,4)26(36)37/h6-9,12,14,32H,13,15H2,1-5H3,(H,36,37)(H2,30,33,34). The van der Waals surface area contributed by atoms with Gasteiger partial charge in [-0.05, 0) is 45.4 Å². The van der Waals surface area contributed by atoms with Crippen molar-refractivity contribution in [3.63, 3.8) is 0 Å². The lowest BCUT2D eigenvalue weighted by Crippen LogP contribution is -2.46. The summed E-state index contributed by atoms with van der Waals surface area (Å²) in [6.07, 6.45) is 3.66. The number of nitrogens with one attached hydrogen (secondary N) is 1. The third-order valence-corrected chi connectivity index (χ3v) is 6.60. The maximum Gasteiger partial charge on any atom is 0.323 e. The quantitative estimate of drug-likeness (QED) is 0.240. The third kappa shape index (κ3) is 5.57. The molecule has 0 bridgehead atoms. The molecule has 0 aliphatic heterocycles. The first-order chi connectivity index (χ1) is 18.0. The topological polar surface area (TPSA) is 128 Å². The number of nitrogens with two attached hydrogens (primary N) is 1. The van der Waals surface area contributed by atoms with Gasteiger partial charge in [-0.3, -0.25) is 15.1 Å². The first-order valence-electron chi connectivity index (χ1n) is 11.9. The minimum Gasteiger partial charge on any atom is -0.496 e. The zero-order chi connectivity index (χ0) is 27.6. The highest BCUT2D eigenvalue weighted by Crippen LogP contribution is 2.29. The van der Waals surface area contributed by atoms with Crippen LogP contribution in [0.5, 0.6) is 5.75 Å². The summed E-state index contributed by atoms with van der Waals surface area (Å²) in [5.41, 5.74) is 10.6. The van der Waals surface area contributed by atoms with Gasteiger partial charge in [0.05, 0.1) is 30.3 Å². The van der Waals surface area contributed by atoms with Crippen LogP contribution in [0.3, 0.4) is 0 Å². The zero-order valence-corrected chi connectivity index (χ0v) is 22.6. The molecule has 0 aliphatic carbocycles. The molecule has 9 nitrogen and oxygen atoms in total. The second-order valence-corrected chi connectivity index (χ2v) is 9.88. The number of carboxylic acid groups (broad SMARTS) is 1. The van der Waals surface area contributed by atoms with E-state index < -0.39 is 11.5 Å². The van der Waals surface area contributed by atoms with Crippen LogP contribution in [-0.4, -0.2) is 43.2 Å². The summed E-state index contributed by atoms with van der Waals surface area (Å²) in [6.45, 7) is 8.02. The average Bonchev–Trinajstić information content (AvgIpc) is 3.21. The lowest BCUT2D eigenvalue weighted by atomic mass is 10.1. The molecule has 1 aromatic carbocycles. The van der Waals surface area contributed by atoms with Gasteiger partial charge in [0.1, 0.15) is 22.1 Å². The number of aromatic nitrogens is 4. The van der Waals surface area contributed by atoms with E-state index in [4.69, 9.17) is 22.1 Å². The fourth-order valence-electron chi connectivity index (χ4n) is 4.01. The predicted molar refractivity (Wildman–Crippen MR) is 147 cm³/mol. The van der Waals surface area contributed by atoms with Gasteiger partial charge in [0.25, 0.3) is 0 Å². The van der Waals surface area contributed by atoms with E-state index in [1.165, 1.54) is 0 Å². The number of aryl methyl sites for hydroxylation is 1. The van der Waals surface area contributed by atoms with Crippen LogP contribution in [0.25, 0.3) is 11.0 Å². The Labute approximate surface area is 226 Å². The molecule has 38 heavy (non-hydrogen) atoms. The Morgan fingerprint density at radius 3 is 2.58 bits per heavy atom. The van der Waals surface area contributed by atoms with E-state index in [1.807, 2.05) is 48.9 Å². The van der Waals surface area contributed by atoms with Crippen LogP contribution in [0.1, 0.15) is 47.4 Å². The van der Waals surface area contributed by atoms with Gasteiger partial charge in [-0.1, -0.05) is 35.6 Å². The van der Waals surface area contributed by atoms with Crippen molar-refractivity contribution in [2.75, 3.05) is 12.8 Å². The second kappa shape index (κ2) is 10.7. The van der Waals surface area contributed by atoms with Gasteiger partial charge in [-0.25, -0.2) is 4.98 Å². The number of fused-ring (bicyclic) bond motifs is 1. The number of carbonyl (C=O) groups is 1. The fourth-order valence-corrected chi connectivity index (χ4v) is 4.28. The van der Waals surface area contributed by atoms with Gasteiger partial charge in [0, 0.05) is 35.6 Å². The number of ether oxygens (including phenoxy) is 1. The molecule has 0 radical (unpaired) electrons. The molecule has 3 aromatic heterocycles. The monoisotopic (exact) mass is 532 g/mol. The number of methoxy groups -OCH3 is 1. The number of benzene rings is 1. The van der Waals surface area contributed by atoms with Crippen molar-refractivity contribution in [1.29, 1.82) is 0 Å². The Hall–Kier alpha value is -4.13. The Bertz CT molecular complexity index is 1580. The normalized spacial score (nSPS) is 11.3. The molecular formula is C28H29ClN6O3. The number of carboxylic acids is 1. The first-order valence-corrected chi connectivity index (χ1v) is 12.3. The second-order valence-electron chi connectivity index (χ2n) is 9.52. The molecule has 0 atom stereocenters. The summed E-state index contributed by atoms with van der Waals surface area (Å²) in [5.74, 6) is 6.32. The number of anilines is 1. The molecule has 0 saturated heterocycles. The van der Waals surface area contributed by atoms with Crippen LogP contribution < -0.4 is 15.8 Å². The molecule has 0 fully saturated rings. The fraction of sp³-hybridized carbons (Fsp3) is 0.286. The molecule has 4 aromatic rings. The van der Waals surface area contributed by atoms with Crippen LogP contribution in [0.2, 0.25) is 5.15 Å². The molecule has 3 heterocycles. The Morgan fingerprint density at radius 1 is 1.21 bits per heavy atom. The van der Waals surface area contributed by atoms with E-state index >= 15 is 0 Å². The third-order valence-electron chi connectivity index (χ3n) is 6.32. The Morgan fingerprint density at radius 2 is 1.92 bits per heavy atom. The Balaban J connectivity index is 1.65. The lowest BCUT2D eigenvalue weighted by Gasteiger charge is -2.21. The van der Waals surface area contributed by atoms with Crippen LogP contribution in [0, 0.1) is 25.7 Å². The summed E-state index contributed by atoms with van der Waals surface area (Å²) >= 11 is 6.48. The van der Waals surface area contributed by atoms with Crippen LogP contribution in [-0.2, 0) is 17.9 Å². The maximum absolute atomic E-state index is 11.3. The molecule has 0 amide bonds. The molecule has 4 rings (SSSR count). The van der Waals surface area contributed by atoms with E-state index in [1.54, 1.807) is 27.2 Å². The number of nitrogen functional groups attached to an aromatic ring is 1. The van der Waals surface area contributed by atoms with Crippen LogP contribution >= 0.6 is 11.6 Å². The van der Waals surface area contributed by atoms with Crippen LogP contribution in [0.15, 0.2) is 36.7 Å². The Kier molecular flexibility index (Phi) is 7.58. The van der Waals surface area contributed by atoms with Gasteiger partial charge < -0.3 is 20.1 Å². The van der Waals surface area contributed by atoms with Crippen molar-refractivity contribution >= 4 is 34.6 Å². The maximum atomic E-state index is 11.3. The van der Waals surface area contributed by atoms with E-state index in [0.717, 1.165) is 33.7 Å². The number of hydrogen-bond donors (Lipinski definition) is 3.